The molecular formula is C30H35N7O. The highest BCUT2D eigenvalue weighted by molar-refractivity contribution is 6.04. The highest BCUT2D eigenvalue weighted by Crippen LogP contribution is 2.22. The third-order valence-electron chi connectivity index (χ3n) is 6.22. The van der Waals surface area contributed by atoms with Gasteiger partial charge in [-0.05, 0) is 81.2 Å². The van der Waals surface area contributed by atoms with E-state index < -0.39 is 0 Å². The molecule has 0 fully saturated rings. The molecule has 0 aliphatic rings. The van der Waals surface area contributed by atoms with Crippen LogP contribution in [-0.2, 0) is 6.42 Å². The minimum Gasteiger partial charge on any atom is -0.323 e. The highest BCUT2D eigenvalue weighted by atomic mass is 16.1. The number of nitrogens with one attached hydrogen (secondary N) is 2. The molecule has 0 aliphatic carbocycles. The molecule has 0 saturated heterocycles. The minimum absolute atomic E-state index is 0.226. The first-order chi connectivity index (χ1) is 18.6. The predicted octanol–water partition coefficient (Wildman–Crippen LogP) is 5.90. The Morgan fingerprint density at radius 2 is 1.71 bits per heavy atom. The molecule has 8 nitrogen and oxygen atoms in total. The van der Waals surface area contributed by atoms with Crippen LogP contribution in [0.25, 0.3) is 11.3 Å². The average Bonchev–Trinajstić information content (AvgIpc) is 2.94. The Hall–Kier alpha value is -4.17. The first-order valence-electron chi connectivity index (χ1n) is 13.2. The van der Waals surface area contributed by atoms with E-state index in [9.17, 15) is 4.79 Å². The van der Waals surface area contributed by atoms with Crippen LogP contribution in [0.2, 0.25) is 0 Å². The molecule has 0 saturated carbocycles. The van der Waals surface area contributed by atoms with Crippen LogP contribution in [0.15, 0.2) is 73.3 Å². The molecule has 1 amide bonds. The second-order valence-electron chi connectivity index (χ2n) is 9.23. The zero-order chi connectivity index (χ0) is 26.7. The minimum atomic E-state index is -0.226. The molecule has 3 heterocycles. The summed E-state index contributed by atoms with van der Waals surface area (Å²) in [5.74, 6) is 0.191. The van der Waals surface area contributed by atoms with Gasteiger partial charge in [0.15, 0.2) is 0 Å². The van der Waals surface area contributed by atoms with Gasteiger partial charge in [-0.25, -0.2) is 9.97 Å². The Balaban J connectivity index is 1.40. The predicted molar refractivity (Wildman–Crippen MR) is 153 cm³/mol. The number of hydrogen-bond donors (Lipinski definition) is 2. The maximum absolute atomic E-state index is 13.0. The summed E-state index contributed by atoms with van der Waals surface area (Å²) in [5, 5.41) is 6.18. The third kappa shape index (κ3) is 7.43. The van der Waals surface area contributed by atoms with Crippen molar-refractivity contribution in [3.05, 3.63) is 90.1 Å². The van der Waals surface area contributed by atoms with E-state index in [1.165, 1.54) is 18.4 Å². The van der Waals surface area contributed by atoms with Gasteiger partial charge in [0.25, 0.3) is 5.91 Å². The fourth-order valence-electron chi connectivity index (χ4n) is 4.21. The summed E-state index contributed by atoms with van der Waals surface area (Å²) in [5.41, 5.74) is 5.51. The standard InChI is InChI=1S/C30H35N7O/c1-4-16-37(17-5-2)18-13-23-8-10-26(11-9-23)34-29(38)25-19-28(22(3)33-21-25)36-30-32-15-12-27(35-30)24-7-6-14-31-20-24/h6-12,14-15,19-21H,4-5,13,16-18H2,1-3H3,(H,34,38)(H,32,35,36). The molecule has 0 unspecified atom stereocenters. The molecule has 0 spiro atoms. The lowest BCUT2D eigenvalue weighted by atomic mass is 10.1. The molecule has 1 aromatic carbocycles. The summed E-state index contributed by atoms with van der Waals surface area (Å²) in [6.45, 7) is 9.62. The zero-order valence-corrected chi connectivity index (χ0v) is 22.3. The van der Waals surface area contributed by atoms with Crippen LogP contribution in [0.1, 0.15) is 48.3 Å². The van der Waals surface area contributed by atoms with Crippen molar-refractivity contribution in [2.45, 2.75) is 40.0 Å². The number of aryl methyl sites for hydroxylation is 1. The Kier molecular flexibility index (Phi) is 9.48. The van der Waals surface area contributed by atoms with Gasteiger partial charge in [-0.15, -0.1) is 0 Å². The molecule has 3 aromatic heterocycles. The van der Waals surface area contributed by atoms with E-state index in [2.05, 4.69) is 61.4 Å². The SMILES string of the molecule is CCCN(CCC)CCc1ccc(NC(=O)c2cnc(C)c(Nc3nccc(-c4cccnc4)n3)c2)cc1. The Morgan fingerprint density at radius 3 is 2.42 bits per heavy atom. The lowest BCUT2D eigenvalue weighted by Crippen LogP contribution is -2.27. The topological polar surface area (TPSA) is 95.9 Å². The van der Waals surface area contributed by atoms with Crippen LogP contribution in [-0.4, -0.2) is 50.4 Å². The molecule has 38 heavy (non-hydrogen) atoms. The van der Waals surface area contributed by atoms with Gasteiger partial charge in [-0.1, -0.05) is 26.0 Å². The van der Waals surface area contributed by atoms with Crippen LogP contribution in [0.4, 0.5) is 17.3 Å². The van der Waals surface area contributed by atoms with Crippen molar-refractivity contribution in [3.63, 3.8) is 0 Å². The van der Waals surface area contributed by atoms with E-state index >= 15 is 0 Å². The Bertz CT molecular complexity index is 1320. The maximum atomic E-state index is 13.0. The van der Waals surface area contributed by atoms with E-state index in [0.717, 1.165) is 48.7 Å². The van der Waals surface area contributed by atoms with E-state index in [1.807, 2.05) is 37.3 Å². The number of hydrogen-bond acceptors (Lipinski definition) is 7. The quantitative estimate of drug-likeness (QED) is 0.245. The van der Waals surface area contributed by atoms with Crippen LogP contribution >= 0.6 is 0 Å². The monoisotopic (exact) mass is 509 g/mol. The van der Waals surface area contributed by atoms with E-state index in [4.69, 9.17) is 0 Å². The van der Waals surface area contributed by atoms with Crippen LogP contribution < -0.4 is 10.6 Å². The number of aromatic nitrogens is 4. The van der Waals surface area contributed by atoms with Gasteiger partial charge in [0.05, 0.1) is 22.6 Å². The van der Waals surface area contributed by atoms with Crippen molar-refractivity contribution in [1.82, 2.24) is 24.8 Å². The maximum Gasteiger partial charge on any atom is 0.257 e. The Labute approximate surface area is 224 Å². The molecule has 8 heteroatoms. The second kappa shape index (κ2) is 13.4. The van der Waals surface area contributed by atoms with Crippen molar-refractivity contribution in [3.8, 4) is 11.3 Å². The van der Waals surface area contributed by atoms with E-state index in [-0.39, 0.29) is 5.91 Å². The zero-order valence-electron chi connectivity index (χ0n) is 22.3. The summed E-state index contributed by atoms with van der Waals surface area (Å²) in [4.78, 5) is 33.0. The van der Waals surface area contributed by atoms with Gasteiger partial charge in [0.1, 0.15) is 0 Å². The van der Waals surface area contributed by atoms with E-state index in [0.29, 0.717) is 17.2 Å². The van der Waals surface area contributed by atoms with Crippen LogP contribution in [0.3, 0.4) is 0 Å². The molecule has 196 valence electrons. The fourth-order valence-corrected chi connectivity index (χ4v) is 4.21. The van der Waals surface area contributed by atoms with Gasteiger partial charge < -0.3 is 15.5 Å². The summed E-state index contributed by atoms with van der Waals surface area (Å²) in [6, 6.07) is 15.5. The van der Waals surface area contributed by atoms with Crippen molar-refractivity contribution in [2.24, 2.45) is 0 Å². The summed E-state index contributed by atoms with van der Waals surface area (Å²) in [7, 11) is 0. The normalized spacial score (nSPS) is 10.9. The highest BCUT2D eigenvalue weighted by Gasteiger charge is 2.12. The molecule has 4 rings (SSSR count). The van der Waals surface area contributed by atoms with Crippen molar-refractivity contribution in [1.29, 1.82) is 0 Å². The van der Waals surface area contributed by atoms with Crippen LogP contribution in [0.5, 0.6) is 0 Å². The first-order valence-corrected chi connectivity index (χ1v) is 13.2. The lowest BCUT2D eigenvalue weighted by Gasteiger charge is -2.20. The van der Waals surface area contributed by atoms with Crippen molar-refractivity contribution in [2.75, 3.05) is 30.3 Å². The molecule has 2 N–H and O–H groups in total. The number of amides is 1. The number of nitrogens with zero attached hydrogens (tertiary/aromatic N) is 5. The van der Waals surface area contributed by atoms with E-state index in [1.54, 1.807) is 30.9 Å². The smallest absolute Gasteiger partial charge is 0.257 e. The molecule has 0 atom stereocenters. The molecule has 0 radical (unpaired) electrons. The van der Waals surface area contributed by atoms with Crippen molar-refractivity contribution < 1.29 is 4.79 Å². The number of benzene rings is 1. The number of pyridine rings is 2. The van der Waals surface area contributed by atoms with Gasteiger partial charge in [-0.2, -0.15) is 0 Å². The van der Waals surface area contributed by atoms with Gasteiger partial charge in [0, 0.05) is 42.6 Å². The van der Waals surface area contributed by atoms with Gasteiger partial charge >= 0.3 is 0 Å². The molecule has 0 aliphatic heterocycles. The van der Waals surface area contributed by atoms with Crippen LogP contribution in [0, 0.1) is 6.92 Å². The number of anilines is 3. The lowest BCUT2D eigenvalue weighted by molar-refractivity contribution is 0.102. The molecule has 0 bridgehead atoms. The Morgan fingerprint density at radius 1 is 0.921 bits per heavy atom. The summed E-state index contributed by atoms with van der Waals surface area (Å²) < 4.78 is 0. The molecule has 4 aromatic rings. The largest absolute Gasteiger partial charge is 0.323 e. The molecular weight excluding hydrogens is 474 g/mol. The van der Waals surface area contributed by atoms with Crippen molar-refractivity contribution >= 4 is 23.2 Å². The third-order valence-corrected chi connectivity index (χ3v) is 6.22. The summed E-state index contributed by atoms with van der Waals surface area (Å²) >= 11 is 0. The summed E-state index contributed by atoms with van der Waals surface area (Å²) in [6.07, 6.45) is 10.1. The van der Waals surface area contributed by atoms with Gasteiger partial charge in [-0.3, -0.25) is 14.8 Å². The fraction of sp³-hybridized carbons (Fsp3) is 0.300. The second-order valence-corrected chi connectivity index (χ2v) is 9.23. The number of rotatable bonds is 12. The number of carbonyl (C=O) groups excluding carboxylic acids is 1. The van der Waals surface area contributed by atoms with Gasteiger partial charge in [0.2, 0.25) is 5.95 Å². The average molecular weight is 510 g/mol. The number of carbonyl (C=O) groups is 1. The first kappa shape index (κ1) is 26.9.